The summed E-state index contributed by atoms with van der Waals surface area (Å²) in [5.74, 6) is -1.71. The quantitative estimate of drug-likeness (QED) is 0.329. The summed E-state index contributed by atoms with van der Waals surface area (Å²) in [4.78, 5) is 24.0. The van der Waals surface area contributed by atoms with Gasteiger partial charge in [-0.15, -0.1) is 16.9 Å². The average Bonchev–Trinajstić information content (AvgIpc) is 3.07. The van der Waals surface area contributed by atoms with Crippen LogP contribution >= 0.6 is 11.8 Å². The summed E-state index contributed by atoms with van der Waals surface area (Å²) in [6.45, 7) is 0.613. The number of nitrogens with zero attached hydrogens (tertiary/aromatic N) is 4. The minimum absolute atomic E-state index is 0. The van der Waals surface area contributed by atoms with E-state index in [9.17, 15) is 14.7 Å². The average molecular weight is 330 g/mol. The fraction of sp³-hybridized carbons (Fsp3) is 0.333. The molecule has 8 nitrogen and oxygen atoms in total. The van der Waals surface area contributed by atoms with Crippen molar-refractivity contribution in [3.8, 4) is 0 Å². The van der Waals surface area contributed by atoms with Crippen LogP contribution < -0.4 is 34.7 Å². The molecule has 110 valence electrons. The molecular formula is C12H11N4NaO4S. The van der Waals surface area contributed by atoms with Crippen LogP contribution in [0.15, 0.2) is 22.9 Å². The maximum atomic E-state index is 12.0. The molecule has 2 aliphatic heterocycles. The van der Waals surface area contributed by atoms with E-state index in [1.165, 1.54) is 22.1 Å². The molecule has 1 atom stereocenters. The predicted octanol–water partition coefficient (Wildman–Crippen LogP) is -4.45. The van der Waals surface area contributed by atoms with E-state index in [-0.39, 0.29) is 53.1 Å². The molecule has 10 heteroatoms. The molecule has 1 amide bonds. The van der Waals surface area contributed by atoms with Crippen LogP contribution in [0, 0.1) is 0 Å². The van der Waals surface area contributed by atoms with Gasteiger partial charge in [0.2, 0.25) is 0 Å². The second-order valence-electron chi connectivity index (χ2n) is 4.54. The molecule has 1 N–H and O–H groups in total. The van der Waals surface area contributed by atoms with Crippen LogP contribution in [0.1, 0.15) is 12.1 Å². The van der Waals surface area contributed by atoms with E-state index < -0.39 is 5.97 Å². The monoisotopic (exact) mass is 330 g/mol. The van der Waals surface area contributed by atoms with Gasteiger partial charge in [0, 0.05) is 13.2 Å². The molecular weight excluding hydrogens is 319 g/mol. The molecule has 3 heterocycles. The molecule has 0 unspecified atom stereocenters. The van der Waals surface area contributed by atoms with Crippen molar-refractivity contribution >= 4 is 29.7 Å². The Balaban J connectivity index is 0.00000176. The van der Waals surface area contributed by atoms with Crippen molar-refractivity contribution < 1.29 is 49.4 Å². The van der Waals surface area contributed by atoms with Gasteiger partial charge in [-0.05, 0) is 17.9 Å². The number of fused-ring (bicyclic) bond motifs is 1. The molecule has 1 aromatic rings. The number of aliphatic carboxylic acids is 1. The minimum Gasteiger partial charge on any atom is -0.543 e. The Kier molecular flexibility index (Phi) is 5.45. The second kappa shape index (κ2) is 6.97. The molecule has 0 spiro atoms. The van der Waals surface area contributed by atoms with Crippen LogP contribution in [-0.4, -0.2) is 48.9 Å². The number of rotatable bonds is 5. The zero-order valence-corrected chi connectivity index (χ0v) is 14.6. The van der Waals surface area contributed by atoms with Crippen LogP contribution in [0.4, 0.5) is 0 Å². The Bertz CT molecular complexity index is 672. The van der Waals surface area contributed by atoms with E-state index in [1.54, 1.807) is 17.0 Å². The Labute approximate surface area is 152 Å². The van der Waals surface area contributed by atoms with Crippen molar-refractivity contribution in [2.24, 2.45) is 0 Å². The smallest absolute Gasteiger partial charge is 0.543 e. The largest absolute Gasteiger partial charge is 1.00 e. The molecule has 1 fully saturated rings. The fourth-order valence-corrected chi connectivity index (χ4v) is 3.25. The first kappa shape index (κ1) is 17.2. The van der Waals surface area contributed by atoms with Gasteiger partial charge in [-0.1, -0.05) is 5.21 Å². The number of aromatic nitrogens is 3. The number of carboxylic acids is 1. The molecule has 1 saturated heterocycles. The maximum absolute atomic E-state index is 12.0. The summed E-state index contributed by atoms with van der Waals surface area (Å²) in [6, 6.07) is 0. The summed E-state index contributed by atoms with van der Waals surface area (Å²) in [7, 11) is 0. The van der Waals surface area contributed by atoms with Gasteiger partial charge in [-0.25, -0.2) is 0 Å². The summed E-state index contributed by atoms with van der Waals surface area (Å²) in [6.07, 6.45) is 3.85. The van der Waals surface area contributed by atoms with Crippen LogP contribution in [-0.2, 0) is 16.1 Å². The zero-order chi connectivity index (χ0) is 15.0. The normalized spacial score (nSPS) is 21.2. The molecule has 22 heavy (non-hydrogen) atoms. The van der Waals surface area contributed by atoms with Gasteiger partial charge in [0.25, 0.3) is 5.91 Å². The summed E-state index contributed by atoms with van der Waals surface area (Å²) in [5, 5.41) is 28.5. The SMILES string of the molecule is O=C([O-])C1=CS[C@@H]2/C(=C/c3cn(CCCO)nn3)C(=O)N12.[Na+]. The molecule has 0 bridgehead atoms. The Morgan fingerprint density at radius 1 is 1.55 bits per heavy atom. The molecule has 3 rings (SSSR count). The maximum Gasteiger partial charge on any atom is 1.00 e. The first-order valence-electron chi connectivity index (χ1n) is 6.25. The van der Waals surface area contributed by atoms with Gasteiger partial charge < -0.3 is 15.0 Å². The van der Waals surface area contributed by atoms with Gasteiger partial charge >= 0.3 is 29.6 Å². The van der Waals surface area contributed by atoms with Crippen molar-refractivity contribution in [3.63, 3.8) is 0 Å². The molecule has 0 saturated carbocycles. The van der Waals surface area contributed by atoms with Gasteiger partial charge in [0.15, 0.2) is 0 Å². The first-order chi connectivity index (χ1) is 10.1. The van der Waals surface area contributed by atoms with Gasteiger partial charge in [0.05, 0.1) is 23.4 Å². The van der Waals surface area contributed by atoms with Crippen molar-refractivity contribution in [1.82, 2.24) is 19.9 Å². The van der Waals surface area contributed by atoms with E-state index in [2.05, 4.69) is 10.3 Å². The molecule has 2 aliphatic rings. The number of carboxylic acid groups (broad SMARTS) is 1. The number of carbonyl (C=O) groups excluding carboxylic acids is 2. The van der Waals surface area contributed by atoms with Crippen LogP contribution in [0.3, 0.4) is 0 Å². The second-order valence-corrected chi connectivity index (χ2v) is 5.49. The van der Waals surface area contributed by atoms with E-state index in [1.807, 2.05) is 0 Å². The minimum atomic E-state index is -1.35. The van der Waals surface area contributed by atoms with E-state index in [0.29, 0.717) is 24.2 Å². The number of amides is 1. The van der Waals surface area contributed by atoms with Gasteiger partial charge in [0.1, 0.15) is 11.1 Å². The fourth-order valence-electron chi connectivity index (χ4n) is 2.14. The van der Waals surface area contributed by atoms with E-state index >= 15 is 0 Å². The Morgan fingerprint density at radius 3 is 3.00 bits per heavy atom. The number of aryl methyl sites for hydroxylation is 1. The van der Waals surface area contributed by atoms with Crippen molar-refractivity contribution in [3.05, 3.63) is 28.6 Å². The summed E-state index contributed by atoms with van der Waals surface area (Å²) in [5.41, 5.74) is 0.916. The number of hydrogen-bond acceptors (Lipinski definition) is 7. The standard InChI is InChI=1S/C12H12N4O4S.Na/c17-3-1-2-15-5-7(13-14-15)4-8-10(18)16-9(12(19)20)6-21-11(8)16;/h4-6,11,17H,1-3H2,(H,19,20);/q;+1/p-1/b8-4+;/t11-;/m1./s1. The topological polar surface area (TPSA) is 111 Å². The number of aliphatic hydroxyl groups excluding tert-OH is 1. The molecule has 0 aromatic carbocycles. The number of carbonyl (C=O) groups is 2. The van der Waals surface area contributed by atoms with E-state index in [0.717, 1.165) is 0 Å². The van der Waals surface area contributed by atoms with Crippen molar-refractivity contribution in [2.75, 3.05) is 6.61 Å². The molecule has 0 aliphatic carbocycles. The van der Waals surface area contributed by atoms with Crippen LogP contribution in [0.25, 0.3) is 6.08 Å². The third-order valence-corrected chi connectivity index (χ3v) is 4.23. The number of aliphatic hydroxyl groups is 1. The Morgan fingerprint density at radius 2 is 2.32 bits per heavy atom. The van der Waals surface area contributed by atoms with Crippen LogP contribution in [0.5, 0.6) is 0 Å². The Hall–Kier alpha value is -1.13. The predicted molar refractivity (Wildman–Crippen MR) is 71.0 cm³/mol. The van der Waals surface area contributed by atoms with E-state index in [4.69, 9.17) is 5.11 Å². The van der Waals surface area contributed by atoms with Crippen LogP contribution in [0.2, 0.25) is 0 Å². The first-order valence-corrected chi connectivity index (χ1v) is 7.19. The number of thioether (sulfide) groups is 1. The van der Waals surface area contributed by atoms with Crippen molar-refractivity contribution in [2.45, 2.75) is 18.3 Å². The number of β-lactam (4-membered cyclic amide) rings is 1. The third kappa shape index (κ3) is 2.99. The van der Waals surface area contributed by atoms with Gasteiger partial charge in [-0.2, -0.15) is 0 Å². The molecule has 1 aromatic heterocycles. The number of hydrogen-bond donors (Lipinski definition) is 1. The zero-order valence-electron chi connectivity index (χ0n) is 11.8. The van der Waals surface area contributed by atoms with Crippen molar-refractivity contribution in [1.29, 1.82) is 0 Å². The molecule has 0 radical (unpaired) electrons. The van der Waals surface area contributed by atoms with Gasteiger partial charge in [-0.3, -0.25) is 14.4 Å². The third-order valence-electron chi connectivity index (χ3n) is 3.15. The summed E-state index contributed by atoms with van der Waals surface area (Å²) >= 11 is 1.25. The summed E-state index contributed by atoms with van der Waals surface area (Å²) < 4.78 is 1.58.